The van der Waals surface area contributed by atoms with Crippen molar-refractivity contribution in [1.29, 1.82) is 0 Å². The summed E-state index contributed by atoms with van der Waals surface area (Å²) in [6.45, 7) is 1.53. The van der Waals surface area contributed by atoms with Crippen molar-refractivity contribution < 1.29 is 30.8 Å². The summed E-state index contributed by atoms with van der Waals surface area (Å²) in [4.78, 5) is 12.3. The molecular weight excluding hydrogens is 411 g/mol. The maximum absolute atomic E-state index is 12.8. The van der Waals surface area contributed by atoms with Gasteiger partial charge in [-0.2, -0.15) is 13.2 Å². The number of rotatable bonds is 5. The average Bonchev–Trinajstić information content (AvgIpc) is 3.16. The lowest BCUT2D eigenvalue weighted by Gasteiger charge is -2.07. The molecule has 1 N–H and O–H groups in total. The molecule has 3 aromatic rings. The predicted octanol–water partition coefficient (Wildman–Crippen LogP) is 3.80. The Morgan fingerprint density at radius 1 is 1.10 bits per heavy atom. The summed E-state index contributed by atoms with van der Waals surface area (Å²) in [5, 5.41) is 9.60. The molecule has 2 aromatic carbocycles. The minimum Gasteiger partial charge on any atom is -0.403 e. The maximum Gasteiger partial charge on any atom is 0.416 e. The Bertz CT molecular complexity index is 1140. The van der Waals surface area contributed by atoms with Gasteiger partial charge in [0.05, 0.1) is 16.2 Å². The van der Waals surface area contributed by atoms with Crippen LogP contribution < -0.4 is 5.32 Å². The first-order chi connectivity index (χ1) is 13.6. The summed E-state index contributed by atoms with van der Waals surface area (Å²) >= 11 is 0. The molecule has 0 aliphatic heterocycles. The Labute approximate surface area is 163 Å². The smallest absolute Gasteiger partial charge is 0.403 e. The number of hydrogen-bond donors (Lipinski definition) is 1. The van der Waals surface area contributed by atoms with Gasteiger partial charge in [0.15, 0.2) is 9.84 Å². The lowest BCUT2D eigenvalue weighted by atomic mass is 10.1. The van der Waals surface area contributed by atoms with Crippen LogP contribution in [-0.2, 0) is 16.0 Å². The van der Waals surface area contributed by atoms with Crippen LogP contribution in [0.15, 0.2) is 57.8 Å². The van der Waals surface area contributed by atoms with E-state index >= 15 is 0 Å². The Morgan fingerprint density at radius 3 is 2.41 bits per heavy atom. The zero-order chi connectivity index (χ0) is 21.2. The number of hydrogen-bond acceptors (Lipinski definition) is 6. The number of carbonyl (C=O) groups is 1. The fourth-order valence-electron chi connectivity index (χ4n) is 2.37. The molecule has 0 aliphatic carbocycles. The highest BCUT2D eigenvalue weighted by Crippen LogP contribution is 2.29. The predicted molar refractivity (Wildman–Crippen MR) is 96.9 cm³/mol. The molecule has 29 heavy (non-hydrogen) atoms. The second-order valence-electron chi connectivity index (χ2n) is 5.87. The minimum absolute atomic E-state index is 0.00443. The van der Waals surface area contributed by atoms with Crippen LogP contribution in [0.5, 0.6) is 0 Å². The number of aromatic nitrogens is 2. The van der Waals surface area contributed by atoms with Gasteiger partial charge >= 0.3 is 12.2 Å². The number of benzene rings is 2. The first kappa shape index (κ1) is 20.5. The van der Waals surface area contributed by atoms with Crippen molar-refractivity contribution >= 4 is 21.8 Å². The third kappa shape index (κ3) is 4.62. The molecule has 1 heterocycles. The largest absolute Gasteiger partial charge is 0.416 e. The molecule has 3 rings (SSSR count). The van der Waals surface area contributed by atoms with Crippen LogP contribution in [0.4, 0.5) is 19.2 Å². The van der Waals surface area contributed by atoms with Gasteiger partial charge in [-0.25, -0.2) is 8.42 Å². The van der Waals surface area contributed by atoms with Gasteiger partial charge < -0.3 is 4.42 Å². The lowest BCUT2D eigenvalue weighted by Crippen LogP contribution is -2.14. The maximum atomic E-state index is 12.8. The van der Waals surface area contributed by atoms with E-state index < -0.39 is 27.5 Å². The summed E-state index contributed by atoms with van der Waals surface area (Å²) in [6.07, 6.45) is -4.58. The first-order valence-electron chi connectivity index (χ1n) is 8.25. The Kier molecular flexibility index (Phi) is 5.42. The van der Waals surface area contributed by atoms with Crippen molar-refractivity contribution in [2.24, 2.45) is 0 Å². The number of nitrogens with zero attached hydrogens (tertiary/aromatic N) is 2. The second-order valence-corrected chi connectivity index (χ2v) is 8.15. The molecular formula is C18H14F3N3O4S. The number of nitrogens with one attached hydrogen (secondary N) is 1. The Morgan fingerprint density at radius 2 is 1.79 bits per heavy atom. The molecule has 0 unspecified atom stereocenters. The van der Waals surface area contributed by atoms with Crippen LogP contribution in [0, 0.1) is 0 Å². The number of sulfone groups is 1. The van der Waals surface area contributed by atoms with Gasteiger partial charge in [-0.3, -0.25) is 10.1 Å². The zero-order valence-corrected chi connectivity index (χ0v) is 15.7. The Hall–Kier alpha value is -3.21. The van der Waals surface area contributed by atoms with Crippen molar-refractivity contribution in [2.75, 3.05) is 11.1 Å². The van der Waals surface area contributed by atoms with E-state index in [1.165, 1.54) is 37.3 Å². The second kappa shape index (κ2) is 7.66. The quantitative estimate of drug-likeness (QED) is 0.667. The SMILES string of the molecule is CCS(=O)(=O)c1ccc(-c2nnc(NC(=O)c3cccc(C(F)(F)F)c3)o2)cc1. The van der Waals surface area contributed by atoms with Gasteiger partial charge in [0.1, 0.15) is 0 Å². The third-order valence-electron chi connectivity index (χ3n) is 3.94. The summed E-state index contributed by atoms with van der Waals surface area (Å²) < 4.78 is 67.2. The first-order valence-corrected chi connectivity index (χ1v) is 9.90. The molecule has 1 aromatic heterocycles. The number of amides is 1. The molecule has 0 fully saturated rings. The fourth-order valence-corrected chi connectivity index (χ4v) is 3.25. The van der Waals surface area contributed by atoms with Crippen molar-refractivity contribution in [2.45, 2.75) is 18.0 Å². The molecule has 0 saturated carbocycles. The average molecular weight is 425 g/mol. The van der Waals surface area contributed by atoms with Gasteiger partial charge in [-0.1, -0.05) is 18.1 Å². The highest BCUT2D eigenvalue weighted by Gasteiger charge is 2.31. The number of halogens is 3. The molecule has 0 saturated heterocycles. The number of alkyl halides is 3. The molecule has 0 aliphatic rings. The van der Waals surface area contributed by atoms with Crippen LogP contribution in [0.2, 0.25) is 0 Å². The summed E-state index contributed by atoms with van der Waals surface area (Å²) in [7, 11) is -3.36. The van der Waals surface area contributed by atoms with Crippen molar-refractivity contribution in [3.8, 4) is 11.5 Å². The zero-order valence-electron chi connectivity index (χ0n) is 14.9. The molecule has 0 atom stereocenters. The van der Waals surface area contributed by atoms with Crippen molar-refractivity contribution in [1.82, 2.24) is 10.2 Å². The van der Waals surface area contributed by atoms with Gasteiger partial charge in [0.25, 0.3) is 5.91 Å². The van der Waals surface area contributed by atoms with Gasteiger partial charge in [0, 0.05) is 11.1 Å². The van der Waals surface area contributed by atoms with Gasteiger partial charge in [0.2, 0.25) is 5.89 Å². The van der Waals surface area contributed by atoms with Gasteiger partial charge in [-0.05, 0) is 42.5 Å². The highest BCUT2D eigenvalue weighted by molar-refractivity contribution is 7.91. The summed E-state index contributed by atoms with van der Waals surface area (Å²) in [5.74, 6) is -0.890. The normalized spacial score (nSPS) is 12.0. The molecule has 0 spiro atoms. The summed E-state index contributed by atoms with van der Waals surface area (Å²) in [6, 6.07) is 9.29. The van der Waals surface area contributed by atoms with E-state index in [0.29, 0.717) is 11.6 Å². The molecule has 0 radical (unpaired) electrons. The molecule has 0 bridgehead atoms. The number of anilines is 1. The van der Waals surface area contributed by atoms with Crippen molar-refractivity contribution in [3.63, 3.8) is 0 Å². The molecule has 1 amide bonds. The van der Waals surface area contributed by atoms with Crippen LogP contribution >= 0.6 is 0 Å². The van der Waals surface area contributed by atoms with E-state index in [9.17, 15) is 26.4 Å². The van der Waals surface area contributed by atoms with E-state index in [1.54, 1.807) is 0 Å². The monoisotopic (exact) mass is 425 g/mol. The van der Waals surface area contributed by atoms with E-state index in [-0.39, 0.29) is 28.1 Å². The van der Waals surface area contributed by atoms with E-state index in [0.717, 1.165) is 12.1 Å². The van der Waals surface area contributed by atoms with Crippen LogP contribution in [0.1, 0.15) is 22.8 Å². The van der Waals surface area contributed by atoms with Crippen molar-refractivity contribution in [3.05, 3.63) is 59.7 Å². The fraction of sp³-hybridized carbons (Fsp3) is 0.167. The van der Waals surface area contributed by atoms with E-state index in [1.807, 2.05) is 0 Å². The molecule has 7 nitrogen and oxygen atoms in total. The third-order valence-corrected chi connectivity index (χ3v) is 5.69. The van der Waals surface area contributed by atoms with E-state index in [4.69, 9.17) is 4.42 Å². The minimum atomic E-state index is -4.58. The topological polar surface area (TPSA) is 102 Å². The highest BCUT2D eigenvalue weighted by atomic mass is 32.2. The van der Waals surface area contributed by atoms with Crippen LogP contribution in [-0.4, -0.2) is 30.3 Å². The van der Waals surface area contributed by atoms with Crippen LogP contribution in [0.3, 0.4) is 0 Å². The Balaban J connectivity index is 1.76. The van der Waals surface area contributed by atoms with Crippen LogP contribution in [0.25, 0.3) is 11.5 Å². The van der Waals surface area contributed by atoms with Gasteiger partial charge in [-0.15, -0.1) is 5.10 Å². The number of carbonyl (C=O) groups excluding carboxylic acids is 1. The molecule has 11 heteroatoms. The standard InChI is InChI=1S/C18H14F3N3O4S/c1-2-29(26,27)14-8-6-11(7-9-14)16-23-24-17(28-16)22-15(25)12-4-3-5-13(10-12)18(19,20)21/h3-10H,2H2,1H3,(H,22,24,25). The summed E-state index contributed by atoms with van der Waals surface area (Å²) in [5.41, 5.74) is -0.778. The molecule has 152 valence electrons. The lowest BCUT2D eigenvalue weighted by molar-refractivity contribution is -0.137. The van der Waals surface area contributed by atoms with E-state index in [2.05, 4.69) is 15.5 Å².